The molecule has 0 bridgehead atoms. The molecule has 0 unspecified atom stereocenters. The van der Waals surface area contributed by atoms with Crippen LogP contribution in [0.3, 0.4) is 0 Å². The number of anilines is 1. The van der Waals surface area contributed by atoms with Gasteiger partial charge in [-0.3, -0.25) is 9.59 Å². The number of nitrogens with zero attached hydrogens (tertiary/aromatic N) is 2. The predicted octanol–water partition coefficient (Wildman–Crippen LogP) is 2.76. The summed E-state index contributed by atoms with van der Waals surface area (Å²) >= 11 is 0. The minimum absolute atomic E-state index is 0.0459. The van der Waals surface area contributed by atoms with Crippen LogP contribution in [0.15, 0.2) is 18.3 Å². The van der Waals surface area contributed by atoms with Gasteiger partial charge in [0.1, 0.15) is 5.82 Å². The van der Waals surface area contributed by atoms with Gasteiger partial charge in [0.05, 0.1) is 11.5 Å². The smallest absolute Gasteiger partial charge is 0.306 e. The van der Waals surface area contributed by atoms with Gasteiger partial charge in [0.2, 0.25) is 0 Å². The Balaban J connectivity index is 1.66. The molecule has 1 saturated carbocycles. The van der Waals surface area contributed by atoms with E-state index >= 15 is 0 Å². The Morgan fingerprint density at radius 3 is 2.50 bits per heavy atom. The van der Waals surface area contributed by atoms with E-state index in [1.165, 1.54) is 6.42 Å². The highest BCUT2D eigenvalue weighted by atomic mass is 16.4. The standard InChI is InChI=1S/C18H25N3O3/c22-17(21-11-2-1-3-12-21)15-5-4-10-19-16(15)20-14-8-6-13(7-9-14)18(23)24/h4-5,10,13-14H,1-3,6-9,11-12H2,(H,19,20)(H,23,24). The molecular formula is C18H25N3O3. The van der Waals surface area contributed by atoms with Gasteiger partial charge in [-0.15, -0.1) is 0 Å². The minimum atomic E-state index is -0.702. The van der Waals surface area contributed by atoms with Gasteiger partial charge in [0, 0.05) is 25.3 Å². The topological polar surface area (TPSA) is 82.5 Å². The van der Waals surface area contributed by atoms with Crippen LogP contribution in [0.2, 0.25) is 0 Å². The number of hydrogen-bond acceptors (Lipinski definition) is 4. The number of carbonyl (C=O) groups is 2. The van der Waals surface area contributed by atoms with E-state index in [9.17, 15) is 9.59 Å². The SMILES string of the molecule is O=C(O)C1CCC(Nc2ncccc2C(=O)N2CCCCC2)CC1. The summed E-state index contributed by atoms with van der Waals surface area (Å²) in [6.45, 7) is 1.63. The second-order valence-corrected chi connectivity index (χ2v) is 6.78. The lowest BCUT2D eigenvalue weighted by atomic mass is 9.86. The van der Waals surface area contributed by atoms with Crippen molar-refractivity contribution in [1.82, 2.24) is 9.88 Å². The number of rotatable bonds is 4. The molecule has 2 N–H and O–H groups in total. The Kier molecular flexibility index (Phi) is 5.33. The van der Waals surface area contributed by atoms with Crippen LogP contribution in [0, 0.1) is 5.92 Å². The van der Waals surface area contributed by atoms with Crippen LogP contribution in [-0.4, -0.2) is 46.0 Å². The number of aromatic nitrogens is 1. The van der Waals surface area contributed by atoms with Crippen molar-refractivity contribution in [2.45, 2.75) is 51.0 Å². The highest BCUT2D eigenvalue weighted by Gasteiger charge is 2.27. The lowest BCUT2D eigenvalue weighted by Gasteiger charge is -2.29. The van der Waals surface area contributed by atoms with Crippen LogP contribution < -0.4 is 5.32 Å². The van der Waals surface area contributed by atoms with Crippen LogP contribution in [0.25, 0.3) is 0 Å². The zero-order valence-electron chi connectivity index (χ0n) is 13.9. The Morgan fingerprint density at radius 1 is 1.12 bits per heavy atom. The molecule has 0 atom stereocenters. The van der Waals surface area contributed by atoms with Crippen molar-refractivity contribution < 1.29 is 14.7 Å². The molecule has 2 aliphatic rings. The summed E-state index contributed by atoms with van der Waals surface area (Å²) in [7, 11) is 0. The molecule has 0 spiro atoms. The Morgan fingerprint density at radius 2 is 1.83 bits per heavy atom. The first kappa shape index (κ1) is 16.7. The average Bonchev–Trinajstić information content (AvgIpc) is 2.63. The molecule has 1 amide bonds. The molecule has 24 heavy (non-hydrogen) atoms. The molecule has 1 aliphatic carbocycles. The molecule has 2 fully saturated rings. The van der Waals surface area contributed by atoms with Gasteiger partial charge in [-0.25, -0.2) is 4.98 Å². The summed E-state index contributed by atoms with van der Waals surface area (Å²) in [5.74, 6) is -0.259. The van der Waals surface area contributed by atoms with Gasteiger partial charge in [-0.2, -0.15) is 0 Å². The first-order chi connectivity index (χ1) is 11.6. The Labute approximate surface area is 142 Å². The van der Waals surface area contributed by atoms with Crippen molar-refractivity contribution >= 4 is 17.7 Å². The second kappa shape index (κ2) is 7.64. The van der Waals surface area contributed by atoms with E-state index in [2.05, 4.69) is 10.3 Å². The summed E-state index contributed by atoms with van der Waals surface area (Å²) in [6.07, 6.45) is 7.95. The van der Waals surface area contributed by atoms with Crippen molar-refractivity contribution in [2.24, 2.45) is 5.92 Å². The highest BCUT2D eigenvalue weighted by Crippen LogP contribution is 2.27. The summed E-state index contributed by atoms with van der Waals surface area (Å²) in [4.78, 5) is 30.1. The van der Waals surface area contributed by atoms with Crippen LogP contribution in [-0.2, 0) is 4.79 Å². The molecular weight excluding hydrogens is 306 g/mol. The molecule has 2 heterocycles. The van der Waals surface area contributed by atoms with E-state index < -0.39 is 5.97 Å². The molecule has 6 heteroatoms. The largest absolute Gasteiger partial charge is 0.481 e. The summed E-state index contributed by atoms with van der Waals surface area (Å²) in [5.41, 5.74) is 0.625. The van der Waals surface area contributed by atoms with E-state index in [1.807, 2.05) is 11.0 Å². The van der Waals surface area contributed by atoms with E-state index in [-0.39, 0.29) is 17.9 Å². The number of nitrogens with one attached hydrogen (secondary N) is 1. The third kappa shape index (κ3) is 3.86. The first-order valence-corrected chi connectivity index (χ1v) is 8.89. The van der Waals surface area contributed by atoms with Gasteiger partial charge in [-0.05, 0) is 57.1 Å². The molecule has 3 rings (SSSR count). The van der Waals surface area contributed by atoms with Crippen LogP contribution in [0.1, 0.15) is 55.3 Å². The Bertz CT molecular complexity index is 591. The maximum atomic E-state index is 12.8. The summed E-state index contributed by atoms with van der Waals surface area (Å²) in [5, 5.41) is 12.5. The van der Waals surface area contributed by atoms with E-state index in [4.69, 9.17) is 5.11 Å². The lowest BCUT2D eigenvalue weighted by molar-refractivity contribution is -0.142. The van der Waals surface area contributed by atoms with Gasteiger partial charge in [-0.1, -0.05) is 0 Å². The van der Waals surface area contributed by atoms with Crippen molar-refractivity contribution in [3.63, 3.8) is 0 Å². The second-order valence-electron chi connectivity index (χ2n) is 6.78. The van der Waals surface area contributed by atoms with Crippen molar-refractivity contribution in [2.75, 3.05) is 18.4 Å². The zero-order valence-corrected chi connectivity index (χ0v) is 13.9. The lowest BCUT2D eigenvalue weighted by Crippen LogP contribution is -2.36. The first-order valence-electron chi connectivity index (χ1n) is 8.89. The molecule has 1 aromatic rings. The van der Waals surface area contributed by atoms with Gasteiger partial charge < -0.3 is 15.3 Å². The molecule has 6 nitrogen and oxygen atoms in total. The van der Waals surface area contributed by atoms with Crippen LogP contribution in [0.4, 0.5) is 5.82 Å². The van der Waals surface area contributed by atoms with E-state index in [0.717, 1.165) is 38.8 Å². The number of carboxylic acids is 1. The number of piperidine rings is 1. The molecule has 0 aromatic carbocycles. The summed E-state index contributed by atoms with van der Waals surface area (Å²) < 4.78 is 0. The van der Waals surface area contributed by atoms with Gasteiger partial charge in [0.15, 0.2) is 0 Å². The third-order valence-corrected chi connectivity index (χ3v) is 5.10. The van der Waals surface area contributed by atoms with E-state index in [0.29, 0.717) is 24.2 Å². The third-order valence-electron chi connectivity index (χ3n) is 5.10. The maximum absolute atomic E-state index is 12.8. The monoisotopic (exact) mass is 331 g/mol. The summed E-state index contributed by atoms with van der Waals surface area (Å²) in [6, 6.07) is 3.81. The number of pyridine rings is 1. The molecule has 1 aliphatic heterocycles. The van der Waals surface area contributed by atoms with E-state index in [1.54, 1.807) is 12.3 Å². The number of aliphatic carboxylic acids is 1. The van der Waals surface area contributed by atoms with Crippen molar-refractivity contribution in [3.8, 4) is 0 Å². The fourth-order valence-electron chi connectivity index (χ4n) is 3.64. The van der Waals surface area contributed by atoms with Crippen molar-refractivity contribution in [1.29, 1.82) is 0 Å². The number of carbonyl (C=O) groups excluding carboxylic acids is 1. The fraction of sp³-hybridized carbons (Fsp3) is 0.611. The van der Waals surface area contributed by atoms with Crippen LogP contribution in [0.5, 0.6) is 0 Å². The molecule has 1 saturated heterocycles. The predicted molar refractivity (Wildman–Crippen MR) is 91.0 cm³/mol. The minimum Gasteiger partial charge on any atom is -0.481 e. The molecule has 1 aromatic heterocycles. The Hall–Kier alpha value is -2.11. The van der Waals surface area contributed by atoms with Gasteiger partial charge >= 0.3 is 5.97 Å². The fourth-order valence-corrected chi connectivity index (χ4v) is 3.64. The number of carboxylic acid groups (broad SMARTS) is 1. The highest BCUT2D eigenvalue weighted by molar-refractivity contribution is 5.98. The van der Waals surface area contributed by atoms with Gasteiger partial charge in [0.25, 0.3) is 5.91 Å². The van der Waals surface area contributed by atoms with Crippen molar-refractivity contribution in [3.05, 3.63) is 23.9 Å². The molecule has 130 valence electrons. The number of likely N-dealkylation sites (tertiary alicyclic amines) is 1. The maximum Gasteiger partial charge on any atom is 0.306 e. The zero-order chi connectivity index (χ0) is 16.9. The quantitative estimate of drug-likeness (QED) is 0.886. The van der Waals surface area contributed by atoms with Crippen LogP contribution >= 0.6 is 0 Å². The average molecular weight is 331 g/mol. The number of amides is 1. The number of hydrogen-bond donors (Lipinski definition) is 2. The normalized spacial score (nSPS) is 24.4. The molecule has 0 radical (unpaired) electrons.